The van der Waals surface area contributed by atoms with E-state index in [1.807, 2.05) is 36.4 Å². The Labute approximate surface area is 160 Å². The Hall–Kier alpha value is -0.690. The van der Waals surface area contributed by atoms with Crippen molar-refractivity contribution in [1.29, 1.82) is 0 Å². The van der Waals surface area contributed by atoms with Gasteiger partial charge in [0.2, 0.25) is 0 Å². The fourth-order valence-electron chi connectivity index (χ4n) is 2.37. The Bertz CT molecular complexity index is 663. The molecule has 0 fully saturated rings. The van der Waals surface area contributed by atoms with Crippen LogP contribution in [-0.2, 0) is 16.5 Å². The summed E-state index contributed by atoms with van der Waals surface area (Å²) < 4.78 is 30.3. The van der Waals surface area contributed by atoms with Crippen molar-refractivity contribution < 1.29 is 13.0 Å². The van der Waals surface area contributed by atoms with Gasteiger partial charge < -0.3 is 5.32 Å². The zero-order valence-corrected chi connectivity index (χ0v) is 13.2. The second-order valence-electron chi connectivity index (χ2n) is 5.25. The minimum absolute atomic E-state index is 0. The van der Waals surface area contributed by atoms with Gasteiger partial charge in [0.1, 0.15) is 0 Å². The van der Waals surface area contributed by atoms with Crippen LogP contribution in [0.2, 0.25) is 0 Å². The van der Waals surface area contributed by atoms with Crippen LogP contribution in [-0.4, -0.2) is 54.8 Å². The Kier molecular flexibility index (Phi) is 9.06. The summed E-state index contributed by atoms with van der Waals surface area (Å²) in [5, 5.41) is 3.38. The molecule has 2 aromatic rings. The van der Waals surface area contributed by atoms with Crippen molar-refractivity contribution >= 4 is 39.7 Å². The average molecular weight is 343 g/mol. The van der Waals surface area contributed by atoms with Crippen molar-refractivity contribution in [3.63, 3.8) is 0 Å². The molecule has 0 heterocycles. The van der Waals surface area contributed by atoms with Gasteiger partial charge in [-0.05, 0) is 30.5 Å². The van der Waals surface area contributed by atoms with E-state index < -0.39 is 10.1 Å². The molecule has 1 unspecified atom stereocenters. The van der Waals surface area contributed by atoms with Gasteiger partial charge in [-0.1, -0.05) is 60.7 Å². The number of benzene rings is 2. The summed E-state index contributed by atoms with van der Waals surface area (Å²) >= 11 is 0. The molecular formula is C17H22NNaO3S. The fourth-order valence-corrected chi connectivity index (χ4v) is 2.88. The molecular weight excluding hydrogens is 321 g/mol. The van der Waals surface area contributed by atoms with Crippen molar-refractivity contribution in [2.24, 2.45) is 0 Å². The molecule has 0 radical (unpaired) electrons. The van der Waals surface area contributed by atoms with Gasteiger partial charge in [-0.15, -0.1) is 0 Å². The van der Waals surface area contributed by atoms with Gasteiger partial charge >= 0.3 is 29.6 Å². The fraction of sp³-hybridized carbons (Fsp3) is 0.294. The van der Waals surface area contributed by atoms with E-state index in [9.17, 15) is 8.42 Å². The minimum atomic E-state index is -3.89. The SMILES string of the molecule is O=S(=O)(O)CCCNC(Cc1ccccc1)c1ccccc1.[NaH]. The van der Waals surface area contributed by atoms with Crippen LogP contribution < -0.4 is 5.32 Å². The third-order valence-corrected chi connectivity index (χ3v) is 4.26. The van der Waals surface area contributed by atoms with Crippen molar-refractivity contribution in [1.82, 2.24) is 5.32 Å². The van der Waals surface area contributed by atoms with E-state index in [-0.39, 0.29) is 41.4 Å². The molecule has 0 aromatic heterocycles. The zero-order valence-electron chi connectivity index (χ0n) is 12.4. The standard InChI is InChI=1S/C17H21NO3S.Na.H/c19-22(20,21)13-7-12-18-17(16-10-5-2-6-11-16)14-15-8-3-1-4-9-15;;/h1-6,8-11,17-18H,7,12-14H2,(H,19,20,21);;. The van der Waals surface area contributed by atoms with Gasteiger partial charge in [0.05, 0.1) is 5.75 Å². The summed E-state index contributed by atoms with van der Waals surface area (Å²) in [5.74, 6) is -0.215. The molecule has 120 valence electrons. The molecule has 0 aliphatic carbocycles. The van der Waals surface area contributed by atoms with E-state index >= 15 is 0 Å². The van der Waals surface area contributed by atoms with E-state index in [4.69, 9.17) is 4.55 Å². The number of rotatable bonds is 8. The second kappa shape index (κ2) is 10.2. The second-order valence-corrected chi connectivity index (χ2v) is 6.82. The molecule has 4 nitrogen and oxygen atoms in total. The molecule has 2 N–H and O–H groups in total. The van der Waals surface area contributed by atoms with Crippen LogP contribution >= 0.6 is 0 Å². The molecule has 0 aliphatic rings. The van der Waals surface area contributed by atoms with Gasteiger partial charge in [0.15, 0.2) is 0 Å². The molecule has 0 bridgehead atoms. The van der Waals surface area contributed by atoms with Crippen molar-refractivity contribution in [2.45, 2.75) is 18.9 Å². The van der Waals surface area contributed by atoms with Crippen LogP contribution in [0.25, 0.3) is 0 Å². The van der Waals surface area contributed by atoms with Crippen molar-refractivity contribution in [3.8, 4) is 0 Å². The normalized spacial score (nSPS) is 12.4. The topological polar surface area (TPSA) is 66.4 Å². The van der Waals surface area contributed by atoms with Crippen LogP contribution in [0.1, 0.15) is 23.6 Å². The van der Waals surface area contributed by atoms with Crippen LogP contribution in [0.15, 0.2) is 60.7 Å². The van der Waals surface area contributed by atoms with E-state index in [0.717, 1.165) is 6.42 Å². The Morgan fingerprint density at radius 2 is 1.52 bits per heavy atom. The molecule has 1 atom stereocenters. The third-order valence-electron chi connectivity index (χ3n) is 3.45. The maximum absolute atomic E-state index is 10.8. The summed E-state index contributed by atoms with van der Waals surface area (Å²) in [6.45, 7) is 0.534. The van der Waals surface area contributed by atoms with E-state index in [2.05, 4.69) is 29.6 Å². The van der Waals surface area contributed by atoms with Gasteiger partial charge in [-0.25, -0.2) is 0 Å². The monoisotopic (exact) mass is 343 g/mol. The average Bonchev–Trinajstić information content (AvgIpc) is 2.51. The Morgan fingerprint density at radius 3 is 2.09 bits per heavy atom. The van der Waals surface area contributed by atoms with Crippen molar-refractivity contribution in [3.05, 3.63) is 71.8 Å². The van der Waals surface area contributed by atoms with Crippen LogP contribution in [0.3, 0.4) is 0 Å². The van der Waals surface area contributed by atoms with Gasteiger partial charge in [0.25, 0.3) is 10.1 Å². The molecule has 0 aliphatic heterocycles. The Morgan fingerprint density at radius 1 is 0.957 bits per heavy atom. The van der Waals surface area contributed by atoms with Crippen LogP contribution in [0, 0.1) is 0 Å². The Balaban J connectivity index is 0.00000264. The summed E-state index contributed by atoms with van der Waals surface area (Å²) in [7, 11) is -3.89. The van der Waals surface area contributed by atoms with E-state index in [1.54, 1.807) is 0 Å². The number of hydrogen-bond donors (Lipinski definition) is 2. The summed E-state index contributed by atoms with van der Waals surface area (Å²) in [5.41, 5.74) is 2.39. The van der Waals surface area contributed by atoms with Crippen LogP contribution in [0.4, 0.5) is 0 Å². The molecule has 2 aromatic carbocycles. The molecule has 0 spiro atoms. The molecule has 2 rings (SSSR count). The quantitative estimate of drug-likeness (QED) is 0.438. The summed E-state index contributed by atoms with van der Waals surface area (Å²) in [6.07, 6.45) is 1.22. The summed E-state index contributed by atoms with van der Waals surface area (Å²) in [6, 6.07) is 20.4. The number of nitrogens with one attached hydrogen (secondary N) is 1. The first-order chi connectivity index (χ1) is 10.5. The van der Waals surface area contributed by atoms with Crippen LogP contribution in [0.5, 0.6) is 0 Å². The molecule has 0 saturated carbocycles. The predicted octanol–water partition coefficient (Wildman–Crippen LogP) is 2.19. The first-order valence-corrected chi connectivity index (χ1v) is 8.93. The predicted molar refractivity (Wildman–Crippen MR) is 95.5 cm³/mol. The molecule has 23 heavy (non-hydrogen) atoms. The van der Waals surface area contributed by atoms with E-state index in [1.165, 1.54) is 11.1 Å². The molecule has 0 amide bonds. The molecule has 6 heteroatoms. The first-order valence-electron chi connectivity index (χ1n) is 7.32. The summed E-state index contributed by atoms with van der Waals surface area (Å²) in [4.78, 5) is 0. The molecule has 0 saturated heterocycles. The third kappa shape index (κ3) is 8.11. The van der Waals surface area contributed by atoms with Gasteiger partial charge in [-0.2, -0.15) is 8.42 Å². The van der Waals surface area contributed by atoms with Crippen molar-refractivity contribution in [2.75, 3.05) is 12.3 Å². The number of hydrogen-bond acceptors (Lipinski definition) is 3. The zero-order chi connectivity index (χ0) is 15.8. The first kappa shape index (κ1) is 20.4. The van der Waals surface area contributed by atoms with Gasteiger partial charge in [-0.3, -0.25) is 4.55 Å². The van der Waals surface area contributed by atoms with E-state index in [0.29, 0.717) is 13.0 Å². The van der Waals surface area contributed by atoms with Gasteiger partial charge in [0, 0.05) is 6.04 Å². The maximum atomic E-state index is 10.8.